The number of carbonyl (C=O) groups is 1. The predicted octanol–water partition coefficient (Wildman–Crippen LogP) is 4.67. The third kappa shape index (κ3) is 6.24. The number of rotatable bonds is 9. The van der Waals surface area contributed by atoms with Crippen LogP contribution in [0.4, 0.5) is 4.39 Å². The van der Waals surface area contributed by atoms with Gasteiger partial charge >= 0.3 is 5.97 Å². The number of carbonyl (C=O) groups excluding carboxylic acids is 1. The Hall–Kier alpha value is -2.52. The number of aryl methyl sites for hydroxylation is 2. The maximum absolute atomic E-state index is 12.9. The summed E-state index contributed by atoms with van der Waals surface area (Å²) >= 11 is 2.92. The van der Waals surface area contributed by atoms with E-state index in [1.54, 1.807) is 12.1 Å². The van der Waals surface area contributed by atoms with Gasteiger partial charge in [0.05, 0.1) is 5.69 Å². The first-order chi connectivity index (χ1) is 14.4. The molecule has 0 aliphatic heterocycles. The van der Waals surface area contributed by atoms with Crippen molar-refractivity contribution in [1.82, 2.24) is 15.0 Å². The molecule has 0 bridgehead atoms. The Labute approximate surface area is 182 Å². The molecule has 1 aromatic carbocycles. The van der Waals surface area contributed by atoms with E-state index in [0.29, 0.717) is 17.9 Å². The number of hydrogen-bond acceptors (Lipinski definition) is 8. The highest BCUT2D eigenvalue weighted by Gasteiger charge is 2.12. The number of nitrogens with zero attached hydrogens (tertiary/aromatic N) is 3. The van der Waals surface area contributed by atoms with E-state index in [4.69, 9.17) is 9.47 Å². The van der Waals surface area contributed by atoms with Crippen molar-refractivity contribution in [3.8, 4) is 5.75 Å². The van der Waals surface area contributed by atoms with Gasteiger partial charge < -0.3 is 9.47 Å². The lowest BCUT2D eigenvalue weighted by Crippen LogP contribution is -2.09. The van der Waals surface area contributed by atoms with Crippen LogP contribution in [-0.4, -0.2) is 27.2 Å². The minimum absolute atomic E-state index is 0.117. The summed E-state index contributed by atoms with van der Waals surface area (Å²) in [5.41, 5.74) is 3.44. The zero-order valence-electron chi connectivity index (χ0n) is 17.0. The molecule has 0 spiro atoms. The Morgan fingerprint density at radius 3 is 2.47 bits per heavy atom. The Bertz CT molecular complexity index is 986. The Kier molecular flexibility index (Phi) is 7.75. The monoisotopic (exact) mass is 447 g/mol. The second kappa shape index (κ2) is 10.5. The van der Waals surface area contributed by atoms with E-state index in [1.807, 2.05) is 25.5 Å². The topological polar surface area (TPSA) is 74.2 Å². The lowest BCUT2D eigenvalue weighted by atomic mass is 10.1. The van der Waals surface area contributed by atoms with Crippen LogP contribution in [0.5, 0.6) is 5.75 Å². The summed E-state index contributed by atoms with van der Waals surface area (Å²) in [4.78, 5) is 25.4. The number of hydrogen-bond donors (Lipinski definition) is 0. The fourth-order valence-corrected chi connectivity index (χ4v) is 3.92. The molecule has 2 heterocycles. The highest BCUT2D eigenvalue weighted by atomic mass is 32.2. The van der Waals surface area contributed by atoms with Crippen molar-refractivity contribution >= 4 is 29.1 Å². The van der Waals surface area contributed by atoms with Crippen molar-refractivity contribution in [2.45, 2.75) is 45.1 Å². The Morgan fingerprint density at radius 2 is 1.80 bits per heavy atom. The smallest absolute Gasteiger partial charge is 0.306 e. The van der Waals surface area contributed by atoms with Crippen LogP contribution in [0.3, 0.4) is 0 Å². The van der Waals surface area contributed by atoms with Crippen molar-refractivity contribution in [3.63, 3.8) is 0 Å². The summed E-state index contributed by atoms with van der Waals surface area (Å²) in [6.45, 7) is 4.25. The number of thioether (sulfide) groups is 1. The molecule has 6 nitrogen and oxygen atoms in total. The predicted molar refractivity (Wildman–Crippen MR) is 114 cm³/mol. The van der Waals surface area contributed by atoms with Gasteiger partial charge in [-0.25, -0.2) is 19.3 Å². The van der Waals surface area contributed by atoms with Gasteiger partial charge in [0.2, 0.25) is 0 Å². The summed E-state index contributed by atoms with van der Waals surface area (Å²) < 4.78 is 23.8. The van der Waals surface area contributed by atoms with Crippen LogP contribution in [0.15, 0.2) is 34.8 Å². The van der Waals surface area contributed by atoms with Crippen LogP contribution < -0.4 is 4.74 Å². The zero-order chi connectivity index (χ0) is 21.5. The highest BCUT2D eigenvalue weighted by Crippen LogP contribution is 2.18. The second-order valence-electron chi connectivity index (χ2n) is 6.50. The number of halogens is 1. The van der Waals surface area contributed by atoms with Crippen LogP contribution in [0.2, 0.25) is 0 Å². The maximum Gasteiger partial charge on any atom is 0.306 e. The third-order valence-corrected chi connectivity index (χ3v) is 5.74. The summed E-state index contributed by atoms with van der Waals surface area (Å²) in [5, 5.41) is 3.32. The van der Waals surface area contributed by atoms with Crippen molar-refractivity contribution in [3.05, 3.63) is 63.1 Å². The van der Waals surface area contributed by atoms with Gasteiger partial charge in [-0.15, -0.1) is 11.3 Å². The van der Waals surface area contributed by atoms with E-state index in [1.165, 1.54) is 35.2 Å². The van der Waals surface area contributed by atoms with Crippen molar-refractivity contribution in [1.29, 1.82) is 0 Å². The summed E-state index contributed by atoms with van der Waals surface area (Å²) in [6, 6.07) is 5.81. The third-order valence-electron chi connectivity index (χ3n) is 4.32. The van der Waals surface area contributed by atoms with E-state index >= 15 is 0 Å². The molecule has 2 aromatic heterocycles. The molecule has 0 saturated heterocycles. The number of thiazole rings is 1. The molecular formula is C21H22FN3O3S2. The standard InChI is InChI=1S/C21H22FN3O3S2/c1-13-18(14(2)24-21(23-13)29-3)8-9-20(26)28-10-16-12-30-19(25-16)11-27-17-6-4-15(22)5-7-17/h4-7,12H,8-11H2,1-3H3. The molecule has 0 atom stereocenters. The average Bonchev–Trinajstić information content (AvgIpc) is 3.19. The molecule has 0 aliphatic rings. The molecular weight excluding hydrogens is 425 g/mol. The largest absolute Gasteiger partial charge is 0.486 e. The minimum atomic E-state index is -0.310. The van der Waals surface area contributed by atoms with Gasteiger partial charge in [0.15, 0.2) is 5.16 Å². The molecule has 158 valence electrons. The van der Waals surface area contributed by atoms with Gasteiger partial charge in [0, 0.05) is 23.2 Å². The molecule has 0 amide bonds. The fourth-order valence-electron chi connectivity index (χ4n) is 2.77. The van der Waals surface area contributed by atoms with E-state index in [2.05, 4.69) is 15.0 Å². The summed E-state index contributed by atoms with van der Waals surface area (Å²) in [6.07, 6.45) is 2.73. The normalized spacial score (nSPS) is 10.8. The molecule has 3 rings (SSSR count). The van der Waals surface area contributed by atoms with Gasteiger partial charge in [-0.2, -0.15) is 0 Å². The molecule has 30 heavy (non-hydrogen) atoms. The van der Waals surface area contributed by atoms with Gasteiger partial charge in [-0.1, -0.05) is 11.8 Å². The van der Waals surface area contributed by atoms with Crippen LogP contribution in [0.25, 0.3) is 0 Å². The Balaban J connectivity index is 1.44. The van der Waals surface area contributed by atoms with E-state index in [-0.39, 0.29) is 31.4 Å². The van der Waals surface area contributed by atoms with Gasteiger partial charge in [0.1, 0.15) is 29.8 Å². The minimum Gasteiger partial charge on any atom is -0.486 e. The molecule has 0 unspecified atom stereocenters. The molecule has 0 aliphatic carbocycles. The molecule has 0 fully saturated rings. The maximum atomic E-state index is 12.9. The van der Waals surface area contributed by atoms with Gasteiger partial charge in [-0.05, 0) is 56.4 Å². The molecule has 9 heteroatoms. The van der Waals surface area contributed by atoms with Gasteiger partial charge in [0.25, 0.3) is 0 Å². The quantitative estimate of drug-likeness (QED) is 0.268. The van der Waals surface area contributed by atoms with Crippen LogP contribution in [0, 0.1) is 19.7 Å². The number of ether oxygens (including phenoxy) is 2. The van der Waals surface area contributed by atoms with E-state index < -0.39 is 0 Å². The first-order valence-electron chi connectivity index (χ1n) is 9.30. The van der Waals surface area contributed by atoms with Crippen LogP contribution >= 0.6 is 23.1 Å². The zero-order valence-corrected chi connectivity index (χ0v) is 18.6. The summed E-state index contributed by atoms with van der Waals surface area (Å²) in [7, 11) is 0. The number of aromatic nitrogens is 3. The molecule has 0 radical (unpaired) electrons. The molecule has 0 N–H and O–H groups in total. The lowest BCUT2D eigenvalue weighted by Gasteiger charge is -2.09. The first-order valence-corrected chi connectivity index (χ1v) is 11.4. The van der Waals surface area contributed by atoms with Crippen LogP contribution in [0.1, 0.15) is 34.1 Å². The van der Waals surface area contributed by atoms with Crippen LogP contribution in [-0.2, 0) is 29.2 Å². The fraction of sp³-hybridized carbons (Fsp3) is 0.333. The highest BCUT2D eigenvalue weighted by molar-refractivity contribution is 7.98. The lowest BCUT2D eigenvalue weighted by molar-refractivity contribution is -0.145. The Morgan fingerprint density at radius 1 is 1.10 bits per heavy atom. The number of esters is 1. The van der Waals surface area contributed by atoms with E-state index in [0.717, 1.165) is 27.1 Å². The molecule has 0 saturated carbocycles. The first kappa shape index (κ1) is 22.2. The number of benzene rings is 1. The average molecular weight is 448 g/mol. The van der Waals surface area contributed by atoms with Crippen molar-refractivity contribution in [2.75, 3.05) is 6.26 Å². The summed E-state index contributed by atoms with van der Waals surface area (Å²) in [5.74, 6) is -0.0323. The van der Waals surface area contributed by atoms with E-state index in [9.17, 15) is 9.18 Å². The SMILES string of the molecule is CSc1nc(C)c(CCC(=O)OCc2csc(COc3ccc(F)cc3)n2)c(C)n1. The van der Waals surface area contributed by atoms with Crippen molar-refractivity contribution in [2.24, 2.45) is 0 Å². The molecule has 3 aromatic rings. The van der Waals surface area contributed by atoms with Crippen molar-refractivity contribution < 1.29 is 18.7 Å². The van der Waals surface area contributed by atoms with Gasteiger partial charge in [-0.3, -0.25) is 4.79 Å². The second-order valence-corrected chi connectivity index (χ2v) is 8.21.